The minimum atomic E-state index is -1.09. The molecule has 3 aromatic rings. The van der Waals surface area contributed by atoms with E-state index in [1.807, 2.05) is 57.2 Å². The number of nitrogens with one attached hydrogen (secondary N) is 2. The maximum atomic E-state index is 13.8. The van der Waals surface area contributed by atoms with Crippen LogP contribution >= 0.6 is 11.6 Å². The second-order valence-electron chi connectivity index (χ2n) is 8.14. The molecule has 0 aliphatic carbocycles. The van der Waals surface area contributed by atoms with Gasteiger partial charge in [0.2, 0.25) is 0 Å². The van der Waals surface area contributed by atoms with E-state index >= 15 is 0 Å². The number of hydrogen-bond donors (Lipinski definition) is 3. The normalized spacial score (nSPS) is 12.7. The smallest absolute Gasteiger partial charge is 0.325 e. The molecule has 3 N–H and O–H groups in total. The van der Waals surface area contributed by atoms with E-state index in [0.29, 0.717) is 5.56 Å². The third-order valence-corrected chi connectivity index (χ3v) is 5.81. The van der Waals surface area contributed by atoms with Crippen LogP contribution in [0.15, 0.2) is 54.6 Å². The van der Waals surface area contributed by atoms with E-state index in [0.717, 1.165) is 33.5 Å². The predicted molar refractivity (Wildman–Crippen MR) is 129 cm³/mol. The summed E-state index contributed by atoms with van der Waals surface area (Å²) >= 11 is 5.78. The third-order valence-electron chi connectivity index (χ3n) is 5.50. The number of aryl methyl sites for hydroxylation is 2. The molecule has 0 saturated carbocycles. The molecular formula is C26H26ClFN2O3. The molecule has 3 aromatic carbocycles. The Balaban J connectivity index is 1.84. The molecule has 0 saturated heterocycles. The van der Waals surface area contributed by atoms with Crippen LogP contribution in [0.5, 0.6) is 0 Å². The maximum absolute atomic E-state index is 13.8. The monoisotopic (exact) mass is 468 g/mol. The topological polar surface area (TPSA) is 78.4 Å². The lowest BCUT2D eigenvalue weighted by atomic mass is 9.94. The number of rotatable bonds is 7. The molecule has 172 valence electrons. The van der Waals surface area contributed by atoms with Crippen LogP contribution in [0, 0.1) is 19.7 Å². The molecule has 1 unspecified atom stereocenters. The van der Waals surface area contributed by atoms with Crippen molar-refractivity contribution in [3.8, 4) is 11.1 Å². The fourth-order valence-electron chi connectivity index (χ4n) is 3.72. The van der Waals surface area contributed by atoms with E-state index in [1.165, 1.54) is 13.0 Å². The third kappa shape index (κ3) is 5.71. The summed E-state index contributed by atoms with van der Waals surface area (Å²) in [6, 6.07) is 15.3. The Hall–Kier alpha value is -3.38. The first-order valence-electron chi connectivity index (χ1n) is 10.5. The number of amides is 1. The van der Waals surface area contributed by atoms with Gasteiger partial charge in [-0.05, 0) is 79.8 Å². The molecule has 2 atom stereocenters. The molecule has 3 rings (SSSR count). The summed E-state index contributed by atoms with van der Waals surface area (Å²) in [5, 5.41) is 15.0. The quantitative estimate of drug-likeness (QED) is 0.389. The first-order valence-corrected chi connectivity index (χ1v) is 10.9. The Bertz CT molecular complexity index is 1190. The van der Waals surface area contributed by atoms with Crippen molar-refractivity contribution in [1.29, 1.82) is 0 Å². The van der Waals surface area contributed by atoms with Crippen LogP contribution < -0.4 is 10.6 Å². The molecule has 0 spiro atoms. The van der Waals surface area contributed by atoms with E-state index in [2.05, 4.69) is 10.6 Å². The van der Waals surface area contributed by atoms with Crippen LogP contribution in [-0.2, 0) is 4.79 Å². The maximum Gasteiger partial charge on any atom is 0.325 e. The highest BCUT2D eigenvalue weighted by atomic mass is 35.5. The molecular weight excluding hydrogens is 443 g/mol. The zero-order valence-corrected chi connectivity index (χ0v) is 19.6. The minimum Gasteiger partial charge on any atom is -0.480 e. The zero-order valence-electron chi connectivity index (χ0n) is 18.9. The number of halogens is 2. The van der Waals surface area contributed by atoms with Crippen LogP contribution in [0.3, 0.4) is 0 Å². The van der Waals surface area contributed by atoms with Crippen LogP contribution in [0.4, 0.5) is 10.1 Å². The van der Waals surface area contributed by atoms with Crippen molar-refractivity contribution in [2.45, 2.75) is 39.8 Å². The van der Waals surface area contributed by atoms with E-state index in [-0.39, 0.29) is 11.1 Å². The van der Waals surface area contributed by atoms with Crippen molar-refractivity contribution in [2.75, 3.05) is 5.32 Å². The van der Waals surface area contributed by atoms with E-state index in [4.69, 9.17) is 16.7 Å². The second-order valence-corrected chi connectivity index (χ2v) is 8.55. The van der Waals surface area contributed by atoms with E-state index in [1.54, 1.807) is 12.1 Å². The average molecular weight is 469 g/mol. The van der Waals surface area contributed by atoms with Crippen molar-refractivity contribution in [2.24, 2.45) is 0 Å². The van der Waals surface area contributed by atoms with Crippen LogP contribution in [0.1, 0.15) is 46.9 Å². The number of carboxylic acid groups (broad SMARTS) is 1. The Morgan fingerprint density at radius 1 is 0.970 bits per heavy atom. The molecule has 1 amide bonds. The van der Waals surface area contributed by atoms with Crippen molar-refractivity contribution in [1.82, 2.24) is 5.32 Å². The van der Waals surface area contributed by atoms with Gasteiger partial charge in [0.25, 0.3) is 5.91 Å². The number of aliphatic carboxylic acids is 1. The standard InChI is InChI=1S/C26H26ClFN2O3/c1-14-10-20(11-15(2)24(14)25(31)30-17(4)26(32)33)19-6-5-7-21(12-19)29-16(3)18-8-9-22(27)23(28)13-18/h5-13,16-17,29H,1-4H3,(H,30,31)(H,32,33)/t16?,17-/m0/s1. The molecule has 0 heterocycles. The fraction of sp³-hybridized carbons (Fsp3) is 0.231. The zero-order chi connectivity index (χ0) is 24.3. The number of anilines is 1. The SMILES string of the molecule is Cc1cc(-c2cccc(NC(C)c3ccc(Cl)c(F)c3)c2)cc(C)c1C(=O)N[C@@H](C)C(=O)O. The van der Waals surface area contributed by atoms with Gasteiger partial charge in [-0.3, -0.25) is 9.59 Å². The van der Waals surface area contributed by atoms with Gasteiger partial charge >= 0.3 is 5.97 Å². The lowest BCUT2D eigenvalue weighted by molar-refractivity contribution is -0.138. The average Bonchev–Trinajstić information content (AvgIpc) is 2.75. The highest BCUT2D eigenvalue weighted by molar-refractivity contribution is 6.30. The van der Waals surface area contributed by atoms with Crippen molar-refractivity contribution in [3.63, 3.8) is 0 Å². The van der Waals surface area contributed by atoms with Gasteiger partial charge in [-0.2, -0.15) is 0 Å². The predicted octanol–water partition coefficient (Wildman–Crippen LogP) is 6.14. The summed E-state index contributed by atoms with van der Waals surface area (Å²) in [5.74, 6) is -1.95. The number of carbonyl (C=O) groups excluding carboxylic acids is 1. The van der Waals surface area contributed by atoms with Gasteiger partial charge in [-0.15, -0.1) is 0 Å². The van der Waals surface area contributed by atoms with E-state index in [9.17, 15) is 14.0 Å². The molecule has 5 nitrogen and oxygen atoms in total. The van der Waals surface area contributed by atoms with Gasteiger partial charge in [0.15, 0.2) is 0 Å². The fourth-order valence-corrected chi connectivity index (χ4v) is 3.84. The van der Waals surface area contributed by atoms with Crippen LogP contribution in [0.2, 0.25) is 5.02 Å². The van der Waals surface area contributed by atoms with Crippen molar-refractivity contribution in [3.05, 3.63) is 87.7 Å². The summed E-state index contributed by atoms with van der Waals surface area (Å²) in [5.41, 5.74) is 5.50. The molecule has 0 bridgehead atoms. The van der Waals surface area contributed by atoms with Gasteiger partial charge in [-0.1, -0.05) is 41.9 Å². The molecule has 33 heavy (non-hydrogen) atoms. The second kappa shape index (κ2) is 10.0. The van der Waals surface area contributed by atoms with Crippen molar-refractivity contribution < 1.29 is 19.1 Å². The Kier molecular flexibility index (Phi) is 7.39. The molecule has 0 aliphatic rings. The summed E-state index contributed by atoms with van der Waals surface area (Å²) in [7, 11) is 0. The van der Waals surface area contributed by atoms with Crippen LogP contribution in [-0.4, -0.2) is 23.0 Å². The molecule has 0 fully saturated rings. The number of carbonyl (C=O) groups is 2. The van der Waals surface area contributed by atoms with Gasteiger partial charge in [0.05, 0.1) is 5.02 Å². The number of carboxylic acids is 1. The Labute approximate surface area is 197 Å². The first-order chi connectivity index (χ1) is 15.6. The molecule has 0 radical (unpaired) electrons. The van der Waals surface area contributed by atoms with Gasteiger partial charge < -0.3 is 15.7 Å². The molecule has 7 heteroatoms. The number of hydrogen-bond acceptors (Lipinski definition) is 3. The highest BCUT2D eigenvalue weighted by Gasteiger charge is 2.19. The number of benzene rings is 3. The lowest BCUT2D eigenvalue weighted by Gasteiger charge is -2.18. The Morgan fingerprint density at radius 2 is 1.64 bits per heavy atom. The van der Waals surface area contributed by atoms with E-state index < -0.39 is 23.7 Å². The summed E-state index contributed by atoms with van der Waals surface area (Å²) < 4.78 is 13.8. The lowest BCUT2D eigenvalue weighted by Crippen LogP contribution is -2.38. The largest absolute Gasteiger partial charge is 0.480 e. The minimum absolute atomic E-state index is 0.0910. The van der Waals surface area contributed by atoms with Gasteiger partial charge in [0.1, 0.15) is 11.9 Å². The molecule has 0 aromatic heterocycles. The molecule has 0 aliphatic heterocycles. The summed E-state index contributed by atoms with van der Waals surface area (Å²) in [6.07, 6.45) is 0. The van der Waals surface area contributed by atoms with Gasteiger partial charge in [0, 0.05) is 17.3 Å². The summed E-state index contributed by atoms with van der Waals surface area (Å²) in [4.78, 5) is 23.6. The summed E-state index contributed by atoms with van der Waals surface area (Å²) in [6.45, 7) is 7.03. The highest BCUT2D eigenvalue weighted by Crippen LogP contribution is 2.29. The first kappa shape index (κ1) is 24.3. The van der Waals surface area contributed by atoms with Crippen LogP contribution in [0.25, 0.3) is 11.1 Å². The Morgan fingerprint density at radius 3 is 2.24 bits per heavy atom. The van der Waals surface area contributed by atoms with Gasteiger partial charge in [-0.25, -0.2) is 4.39 Å². The van der Waals surface area contributed by atoms with Crippen molar-refractivity contribution >= 4 is 29.2 Å².